The Hall–Kier alpha value is -2.81. The predicted octanol–water partition coefficient (Wildman–Crippen LogP) is 2.99. The largest absolute Gasteiger partial charge is 0.465 e. The number of carbonyl (C=O) groups is 3. The van der Waals surface area contributed by atoms with Crippen LogP contribution >= 0.6 is 12.8 Å². The number of anilines is 1. The highest BCUT2D eigenvalue weighted by Crippen LogP contribution is 2.41. The Labute approximate surface area is 175 Å². The van der Waals surface area contributed by atoms with E-state index in [1.54, 1.807) is 52.0 Å². The summed E-state index contributed by atoms with van der Waals surface area (Å²) in [6.45, 7) is 7.21. The number of hydrogen-bond acceptors (Lipinski definition) is 7. The van der Waals surface area contributed by atoms with Crippen LogP contribution in [0.15, 0.2) is 40.5 Å². The van der Waals surface area contributed by atoms with Crippen molar-refractivity contribution in [1.82, 2.24) is 0 Å². The van der Waals surface area contributed by atoms with Gasteiger partial charge in [-0.25, -0.2) is 13.9 Å². The third kappa shape index (κ3) is 4.79. The lowest BCUT2D eigenvalue weighted by atomic mass is 9.75. The van der Waals surface area contributed by atoms with Crippen LogP contribution in [0.4, 0.5) is 10.5 Å². The van der Waals surface area contributed by atoms with Gasteiger partial charge in [-0.15, -0.1) is 0 Å². The van der Waals surface area contributed by atoms with Gasteiger partial charge in [0.15, 0.2) is 0 Å². The first-order valence-electron chi connectivity index (χ1n) is 9.20. The summed E-state index contributed by atoms with van der Waals surface area (Å²) in [7, 11) is 0. The fourth-order valence-electron chi connectivity index (χ4n) is 3.39. The number of ether oxygens (including phenoxy) is 2. The molecule has 8 nitrogen and oxygen atoms in total. The van der Waals surface area contributed by atoms with Crippen molar-refractivity contribution >= 4 is 42.2 Å². The van der Waals surface area contributed by atoms with Gasteiger partial charge in [-0.2, -0.15) is 0 Å². The summed E-state index contributed by atoms with van der Waals surface area (Å²) >= 11 is 4.09. The van der Waals surface area contributed by atoms with Gasteiger partial charge in [-0.3, -0.25) is 9.79 Å². The van der Waals surface area contributed by atoms with E-state index in [1.165, 1.54) is 0 Å². The molecule has 2 rings (SSSR count). The molecule has 1 aliphatic heterocycles. The second-order valence-corrected chi connectivity index (χ2v) is 6.83. The van der Waals surface area contributed by atoms with Crippen molar-refractivity contribution < 1.29 is 23.9 Å². The molecule has 1 aliphatic rings. The second kappa shape index (κ2) is 9.60. The Balaban J connectivity index is 2.66. The van der Waals surface area contributed by atoms with Crippen LogP contribution in [0.25, 0.3) is 0 Å². The maximum Gasteiger partial charge on any atom is 0.336 e. The van der Waals surface area contributed by atoms with E-state index in [1.807, 2.05) is 0 Å². The molecule has 9 heteroatoms. The van der Waals surface area contributed by atoms with Crippen LogP contribution in [0.3, 0.4) is 0 Å². The van der Waals surface area contributed by atoms with Crippen molar-refractivity contribution in [2.75, 3.05) is 17.5 Å². The van der Waals surface area contributed by atoms with Gasteiger partial charge in [0.1, 0.15) is 5.92 Å². The van der Waals surface area contributed by atoms with Crippen LogP contribution in [0, 0.1) is 5.92 Å². The molecule has 29 heavy (non-hydrogen) atoms. The summed E-state index contributed by atoms with van der Waals surface area (Å²) in [4.78, 5) is 41.4. The number of nitrogens with zero attached hydrogens (tertiary/aromatic N) is 2. The Bertz CT molecular complexity index is 881. The van der Waals surface area contributed by atoms with Crippen molar-refractivity contribution in [2.45, 2.75) is 33.6 Å². The lowest BCUT2D eigenvalue weighted by Gasteiger charge is -2.32. The fraction of sp³-hybridized carbons (Fsp3) is 0.400. The molecule has 1 aromatic rings. The molecule has 1 heterocycles. The third-order valence-electron chi connectivity index (χ3n) is 4.55. The molecule has 0 radical (unpaired) electrons. The molecule has 0 saturated carbocycles. The monoisotopic (exact) mass is 419 g/mol. The molecule has 2 unspecified atom stereocenters. The van der Waals surface area contributed by atoms with Crippen LogP contribution in [0.2, 0.25) is 0 Å². The van der Waals surface area contributed by atoms with E-state index < -0.39 is 29.8 Å². The summed E-state index contributed by atoms with van der Waals surface area (Å²) in [5, 5.41) is 0. The van der Waals surface area contributed by atoms with Crippen molar-refractivity contribution in [1.29, 1.82) is 0 Å². The smallest absolute Gasteiger partial charge is 0.336 e. The van der Waals surface area contributed by atoms with E-state index in [9.17, 15) is 14.4 Å². The zero-order valence-electron chi connectivity index (χ0n) is 16.8. The number of amides is 2. The molecule has 0 aliphatic carbocycles. The number of thiol groups is 1. The first kappa shape index (κ1) is 22.5. The minimum atomic E-state index is -0.810. The fourth-order valence-corrected chi connectivity index (χ4v) is 3.51. The molecular formula is C20H25N3O5S. The molecule has 2 N–H and O–H groups in total. The molecule has 0 saturated heterocycles. The average molecular weight is 420 g/mol. The SMILES string of the molecule is CCOC(=O)C1=C(C)N=C(C)C(C(=O)OCC)C1c1cccc(N(S)C(N)=O)c1. The predicted molar refractivity (Wildman–Crippen MR) is 113 cm³/mol. The number of benzene rings is 1. The molecule has 0 bridgehead atoms. The molecule has 156 valence electrons. The highest BCUT2D eigenvalue weighted by molar-refractivity contribution is 7.82. The first-order valence-corrected chi connectivity index (χ1v) is 9.60. The number of urea groups is 1. The van der Waals surface area contributed by atoms with Crippen LogP contribution in [-0.4, -0.2) is 36.9 Å². The number of esters is 2. The molecular weight excluding hydrogens is 394 g/mol. The van der Waals surface area contributed by atoms with Gasteiger partial charge in [-0.05, 0) is 45.4 Å². The van der Waals surface area contributed by atoms with Gasteiger partial charge >= 0.3 is 18.0 Å². The lowest BCUT2D eigenvalue weighted by molar-refractivity contribution is -0.146. The summed E-state index contributed by atoms with van der Waals surface area (Å²) < 4.78 is 11.5. The number of nitrogens with two attached hydrogens (primary N) is 1. The van der Waals surface area contributed by atoms with Gasteiger partial charge in [0.05, 0.1) is 24.5 Å². The molecule has 2 amide bonds. The minimum Gasteiger partial charge on any atom is -0.465 e. The molecule has 1 aromatic carbocycles. The standard InChI is InChI=1S/C20H25N3O5S/c1-5-27-18(24)15-11(3)22-12(4)16(19(25)28-6-2)17(15)13-8-7-9-14(10-13)23(29)20(21)26/h7-10,15,17,29H,5-6H2,1-4H3,(H2,21,26). The summed E-state index contributed by atoms with van der Waals surface area (Å²) in [6, 6.07) is 5.99. The quantitative estimate of drug-likeness (QED) is 0.544. The molecule has 2 atom stereocenters. The number of primary amides is 1. The molecule has 0 fully saturated rings. The average Bonchev–Trinajstić information content (AvgIpc) is 2.67. The highest BCUT2D eigenvalue weighted by atomic mass is 32.1. The topological polar surface area (TPSA) is 111 Å². The van der Waals surface area contributed by atoms with Gasteiger partial charge in [-0.1, -0.05) is 24.9 Å². The van der Waals surface area contributed by atoms with Crippen LogP contribution in [0.1, 0.15) is 39.2 Å². The van der Waals surface area contributed by atoms with Gasteiger partial charge in [0.25, 0.3) is 0 Å². The van der Waals surface area contributed by atoms with E-state index in [4.69, 9.17) is 15.2 Å². The Kier molecular flexibility index (Phi) is 7.44. The Morgan fingerprint density at radius 1 is 1.17 bits per heavy atom. The normalized spacial score (nSPS) is 18.7. The van der Waals surface area contributed by atoms with Crippen molar-refractivity contribution in [2.24, 2.45) is 16.6 Å². The second-order valence-electron chi connectivity index (χ2n) is 6.43. The van der Waals surface area contributed by atoms with Crippen LogP contribution in [-0.2, 0) is 19.1 Å². The number of rotatable bonds is 6. The van der Waals surface area contributed by atoms with Crippen molar-refractivity contribution in [3.63, 3.8) is 0 Å². The summed E-state index contributed by atoms with van der Waals surface area (Å²) in [6.07, 6.45) is 0. The number of hydrogen-bond donors (Lipinski definition) is 2. The Morgan fingerprint density at radius 2 is 1.83 bits per heavy atom. The third-order valence-corrected chi connectivity index (χ3v) is 4.97. The number of allylic oxidation sites excluding steroid dienone is 1. The van der Waals surface area contributed by atoms with Gasteiger partial charge in [0, 0.05) is 17.3 Å². The molecule has 0 aromatic heterocycles. The summed E-state index contributed by atoms with van der Waals surface area (Å²) in [5.41, 5.74) is 7.59. The zero-order chi connectivity index (χ0) is 21.7. The van der Waals surface area contributed by atoms with E-state index in [0.29, 0.717) is 22.7 Å². The van der Waals surface area contributed by atoms with Gasteiger partial charge < -0.3 is 15.2 Å². The number of carbonyl (C=O) groups excluding carboxylic acids is 3. The van der Waals surface area contributed by atoms with E-state index in [-0.39, 0.29) is 18.8 Å². The van der Waals surface area contributed by atoms with E-state index in [0.717, 1.165) is 4.31 Å². The number of aliphatic imine (C=N–C) groups is 1. The van der Waals surface area contributed by atoms with Crippen LogP contribution in [0.5, 0.6) is 0 Å². The van der Waals surface area contributed by atoms with Crippen molar-refractivity contribution in [3.05, 3.63) is 41.1 Å². The lowest BCUT2D eigenvalue weighted by Crippen LogP contribution is -2.36. The van der Waals surface area contributed by atoms with E-state index in [2.05, 4.69) is 17.8 Å². The minimum absolute atomic E-state index is 0.182. The zero-order valence-corrected chi connectivity index (χ0v) is 17.7. The first-order chi connectivity index (χ1) is 13.7. The van der Waals surface area contributed by atoms with E-state index >= 15 is 0 Å². The van der Waals surface area contributed by atoms with Crippen molar-refractivity contribution in [3.8, 4) is 0 Å². The maximum absolute atomic E-state index is 12.8. The van der Waals surface area contributed by atoms with Crippen LogP contribution < -0.4 is 10.0 Å². The van der Waals surface area contributed by atoms with Gasteiger partial charge in [0.2, 0.25) is 0 Å². The molecule has 0 spiro atoms. The maximum atomic E-state index is 12.8. The summed E-state index contributed by atoms with van der Waals surface area (Å²) in [5.74, 6) is -2.55. The Morgan fingerprint density at radius 3 is 2.41 bits per heavy atom. The highest BCUT2D eigenvalue weighted by Gasteiger charge is 2.42.